The lowest BCUT2D eigenvalue weighted by molar-refractivity contribution is -0.129. The van der Waals surface area contributed by atoms with Gasteiger partial charge in [-0.15, -0.1) is 0 Å². The quantitative estimate of drug-likeness (QED) is 0.526. The highest BCUT2D eigenvalue weighted by Gasteiger charge is 2.29. The summed E-state index contributed by atoms with van der Waals surface area (Å²) in [5.74, 6) is -1.55. The molecule has 3 amide bonds. The fourth-order valence-electron chi connectivity index (χ4n) is 2.82. The van der Waals surface area contributed by atoms with Crippen LogP contribution < -0.4 is 16.4 Å². The topological polar surface area (TPSA) is 111 Å². The lowest BCUT2D eigenvalue weighted by Gasteiger charge is -2.24. The van der Waals surface area contributed by atoms with Gasteiger partial charge in [0.2, 0.25) is 11.8 Å². The molecule has 0 spiro atoms. The number of primary amides is 1. The van der Waals surface area contributed by atoms with E-state index in [0.29, 0.717) is 15.6 Å². The molecular weight excluding hydrogens is 441 g/mol. The molecule has 2 rings (SSSR count). The van der Waals surface area contributed by atoms with Crippen LogP contribution in [0.15, 0.2) is 48.5 Å². The van der Waals surface area contributed by atoms with Crippen molar-refractivity contribution in [3.8, 4) is 0 Å². The van der Waals surface area contributed by atoms with Crippen LogP contribution in [0.2, 0.25) is 10.0 Å². The maximum absolute atomic E-state index is 12.8. The van der Waals surface area contributed by atoms with Gasteiger partial charge in [-0.05, 0) is 29.2 Å². The average Bonchev–Trinajstić information content (AvgIpc) is 2.72. The number of benzene rings is 2. The standard InChI is InChI=1S/C22H25Cl2N3O4/c1-13(2)19(27-22(30)31-12-14-6-4-3-5-7-14)21(29)26-18(20(25)28)10-15-8-9-16(23)11-17(15)24/h3-9,11,13,18-19H,10,12H2,1-2H3,(H2,25,28)(H,26,29)(H,27,30)/t18-,19+/m1/s1. The van der Waals surface area contributed by atoms with Crippen molar-refractivity contribution in [1.82, 2.24) is 10.6 Å². The number of carbonyl (C=O) groups excluding carboxylic acids is 3. The van der Waals surface area contributed by atoms with E-state index < -0.39 is 30.0 Å². The van der Waals surface area contributed by atoms with Gasteiger partial charge >= 0.3 is 6.09 Å². The number of rotatable bonds is 9. The van der Waals surface area contributed by atoms with Crippen molar-refractivity contribution in [3.63, 3.8) is 0 Å². The van der Waals surface area contributed by atoms with Crippen LogP contribution in [0.4, 0.5) is 4.79 Å². The van der Waals surface area contributed by atoms with Gasteiger partial charge in [0.25, 0.3) is 0 Å². The zero-order valence-electron chi connectivity index (χ0n) is 17.2. The van der Waals surface area contributed by atoms with Gasteiger partial charge in [-0.1, -0.05) is 73.4 Å². The molecule has 31 heavy (non-hydrogen) atoms. The van der Waals surface area contributed by atoms with Crippen LogP contribution in [0.25, 0.3) is 0 Å². The van der Waals surface area contributed by atoms with E-state index in [0.717, 1.165) is 5.56 Å². The van der Waals surface area contributed by atoms with E-state index in [4.69, 9.17) is 33.7 Å². The maximum atomic E-state index is 12.8. The van der Waals surface area contributed by atoms with E-state index in [9.17, 15) is 14.4 Å². The molecule has 0 radical (unpaired) electrons. The lowest BCUT2D eigenvalue weighted by Crippen LogP contribution is -2.55. The maximum Gasteiger partial charge on any atom is 0.408 e. The van der Waals surface area contributed by atoms with Crippen LogP contribution in [0.3, 0.4) is 0 Å². The molecule has 0 aliphatic heterocycles. The van der Waals surface area contributed by atoms with E-state index in [-0.39, 0.29) is 18.9 Å². The second-order valence-electron chi connectivity index (χ2n) is 7.33. The van der Waals surface area contributed by atoms with Crippen molar-refractivity contribution in [2.75, 3.05) is 0 Å². The molecule has 2 aromatic rings. The third-order valence-electron chi connectivity index (χ3n) is 4.53. The molecule has 9 heteroatoms. The fourth-order valence-corrected chi connectivity index (χ4v) is 3.30. The Labute approximate surface area is 191 Å². The Hall–Kier alpha value is -2.77. The summed E-state index contributed by atoms with van der Waals surface area (Å²) in [6.45, 7) is 3.59. The number of hydrogen-bond acceptors (Lipinski definition) is 4. The van der Waals surface area contributed by atoms with E-state index in [1.807, 2.05) is 30.3 Å². The number of hydrogen-bond donors (Lipinski definition) is 3. The smallest absolute Gasteiger partial charge is 0.408 e. The summed E-state index contributed by atoms with van der Waals surface area (Å²) in [5, 5.41) is 5.94. The zero-order chi connectivity index (χ0) is 23.0. The molecule has 0 bridgehead atoms. The highest BCUT2D eigenvalue weighted by Crippen LogP contribution is 2.22. The second-order valence-corrected chi connectivity index (χ2v) is 8.17. The second kappa shape index (κ2) is 11.6. The van der Waals surface area contributed by atoms with Gasteiger partial charge in [-0.25, -0.2) is 4.79 Å². The van der Waals surface area contributed by atoms with Crippen molar-refractivity contribution in [2.24, 2.45) is 11.7 Å². The number of halogens is 2. The lowest BCUT2D eigenvalue weighted by atomic mass is 10.0. The first-order chi connectivity index (χ1) is 14.7. The molecule has 2 aromatic carbocycles. The van der Waals surface area contributed by atoms with Crippen LogP contribution >= 0.6 is 23.2 Å². The summed E-state index contributed by atoms with van der Waals surface area (Å²) in [6, 6.07) is 12.0. The largest absolute Gasteiger partial charge is 0.445 e. The van der Waals surface area contributed by atoms with Crippen LogP contribution in [-0.2, 0) is 27.4 Å². The molecule has 0 unspecified atom stereocenters. The summed E-state index contributed by atoms with van der Waals surface area (Å²) in [7, 11) is 0. The Morgan fingerprint density at radius 3 is 2.29 bits per heavy atom. The molecule has 0 aliphatic carbocycles. The molecule has 0 aliphatic rings. The third kappa shape index (κ3) is 7.77. The number of nitrogens with one attached hydrogen (secondary N) is 2. The zero-order valence-corrected chi connectivity index (χ0v) is 18.7. The monoisotopic (exact) mass is 465 g/mol. The number of nitrogens with two attached hydrogens (primary N) is 1. The predicted molar refractivity (Wildman–Crippen MR) is 120 cm³/mol. The fraction of sp³-hybridized carbons (Fsp3) is 0.318. The summed E-state index contributed by atoms with van der Waals surface area (Å²) in [4.78, 5) is 36.9. The van der Waals surface area contributed by atoms with Crippen molar-refractivity contribution in [1.29, 1.82) is 0 Å². The molecule has 166 valence electrons. The first kappa shape index (κ1) is 24.5. The minimum Gasteiger partial charge on any atom is -0.445 e. The summed E-state index contributed by atoms with van der Waals surface area (Å²) in [5.41, 5.74) is 6.89. The SMILES string of the molecule is CC(C)[C@H](NC(=O)OCc1ccccc1)C(=O)N[C@H](Cc1ccc(Cl)cc1Cl)C(N)=O. The number of carbonyl (C=O) groups is 3. The number of ether oxygens (including phenoxy) is 1. The summed E-state index contributed by atoms with van der Waals surface area (Å²) >= 11 is 12.1. The number of alkyl carbamates (subject to hydrolysis) is 1. The van der Waals surface area contributed by atoms with E-state index in [1.165, 1.54) is 0 Å². The Morgan fingerprint density at radius 2 is 1.71 bits per heavy atom. The highest BCUT2D eigenvalue weighted by atomic mass is 35.5. The van der Waals surface area contributed by atoms with Gasteiger partial charge in [0, 0.05) is 16.5 Å². The number of amides is 3. The van der Waals surface area contributed by atoms with E-state index in [2.05, 4.69) is 10.6 Å². The van der Waals surface area contributed by atoms with Gasteiger partial charge in [0.1, 0.15) is 18.7 Å². The minimum atomic E-state index is -1.02. The molecule has 4 N–H and O–H groups in total. The Bertz CT molecular complexity index is 922. The average molecular weight is 466 g/mol. The molecule has 0 saturated heterocycles. The van der Waals surface area contributed by atoms with E-state index in [1.54, 1.807) is 32.0 Å². The molecule has 2 atom stereocenters. The highest BCUT2D eigenvalue weighted by molar-refractivity contribution is 6.35. The first-order valence-corrected chi connectivity index (χ1v) is 10.4. The predicted octanol–water partition coefficient (Wildman–Crippen LogP) is 3.46. The third-order valence-corrected chi connectivity index (χ3v) is 5.12. The van der Waals surface area contributed by atoms with Crippen LogP contribution in [0.1, 0.15) is 25.0 Å². The normalized spacial score (nSPS) is 12.7. The first-order valence-electron chi connectivity index (χ1n) is 9.68. The van der Waals surface area contributed by atoms with Crippen LogP contribution in [0.5, 0.6) is 0 Å². The Balaban J connectivity index is 2.01. The molecule has 0 aromatic heterocycles. The van der Waals surface area contributed by atoms with Gasteiger partial charge in [-0.2, -0.15) is 0 Å². The van der Waals surface area contributed by atoms with Crippen LogP contribution in [-0.4, -0.2) is 30.0 Å². The minimum absolute atomic E-state index is 0.0675. The Kier molecular flexibility index (Phi) is 9.15. The van der Waals surface area contributed by atoms with Crippen molar-refractivity contribution in [2.45, 2.75) is 39.0 Å². The van der Waals surface area contributed by atoms with Gasteiger partial charge < -0.3 is 21.1 Å². The van der Waals surface area contributed by atoms with Crippen LogP contribution in [0, 0.1) is 5.92 Å². The van der Waals surface area contributed by atoms with E-state index >= 15 is 0 Å². The molecule has 0 fully saturated rings. The van der Waals surface area contributed by atoms with Crippen molar-refractivity contribution in [3.05, 3.63) is 69.7 Å². The molecule has 0 heterocycles. The van der Waals surface area contributed by atoms with Gasteiger partial charge in [0.05, 0.1) is 0 Å². The van der Waals surface area contributed by atoms with Crippen molar-refractivity contribution < 1.29 is 19.1 Å². The van der Waals surface area contributed by atoms with Gasteiger partial charge in [-0.3, -0.25) is 9.59 Å². The summed E-state index contributed by atoms with van der Waals surface area (Å²) in [6.07, 6.45) is -0.658. The molecule has 0 saturated carbocycles. The van der Waals surface area contributed by atoms with Gasteiger partial charge in [0.15, 0.2) is 0 Å². The summed E-state index contributed by atoms with van der Waals surface area (Å²) < 4.78 is 5.18. The molecular formula is C22H25Cl2N3O4. The molecule has 7 nitrogen and oxygen atoms in total. The Morgan fingerprint density at radius 1 is 1.03 bits per heavy atom. The van der Waals surface area contributed by atoms with Crippen molar-refractivity contribution >= 4 is 41.1 Å².